The summed E-state index contributed by atoms with van der Waals surface area (Å²) in [6, 6.07) is 3.83. The van der Waals surface area contributed by atoms with Gasteiger partial charge in [-0.25, -0.2) is 4.98 Å². The zero-order valence-corrected chi connectivity index (χ0v) is 13.8. The molecular weight excluding hydrogens is 265 g/mol. The van der Waals surface area contributed by atoms with Crippen LogP contribution in [-0.4, -0.2) is 29.9 Å². The van der Waals surface area contributed by atoms with Crippen molar-refractivity contribution in [1.29, 1.82) is 0 Å². The van der Waals surface area contributed by atoms with E-state index < -0.39 is 0 Å². The lowest BCUT2D eigenvalue weighted by molar-refractivity contribution is 0.00578. The second-order valence-corrected chi connectivity index (χ2v) is 6.57. The first kappa shape index (κ1) is 16.3. The third-order valence-electron chi connectivity index (χ3n) is 4.28. The van der Waals surface area contributed by atoms with E-state index in [2.05, 4.69) is 39.6 Å². The molecule has 0 bridgehead atoms. The lowest BCUT2D eigenvalue weighted by Crippen LogP contribution is -2.41. The molecule has 0 atom stereocenters. The molecule has 4 nitrogen and oxygen atoms in total. The van der Waals surface area contributed by atoms with Crippen molar-refractivity contribution in [3.05, 3.63) is 18.3 Å². The summed E-state index contributed by atoms with van der Waals surface area (Å²) in [5, 5.41) is 0. The Hall–Kier alpha value is -1.07. The van der Waals surface area contributed by atoms with Gasteiger partial charge in [0.25, 0.3) is 0 Å². The van der Waals surface area contributed by atoms with Gasteiger partial charge in [0.15, 0.2) is 0 Å². The van der Waals surface area contributed by atoms with Gasteiger partial charge in [0.05, 0.1) is 17.8 Å². The van der Waals surface area contributed by atoms with Crippen molar-refractivity contribution in [2.45, 2.75) is 65.1 Å². The fraction of sp³-hybridized carbons (Fsp3) is 0.688. The normalized spacial score (nSPS) is 19.8. The smallest absolute Gasteiger partial charge is 0.478 e. The molecule has 5 heteroatoms. The number of hydrogen-bond donors (Lipinski definition) is 0. The number of pyridine rings is 1. The molecule has 2 heterocycles. The van der Waals surface area contributed by atoms with Crippen LogP contribution in [0.25, 0.3) is 0 Å². The van der Waals surface area contributed by atoms with Crippen LogP contribution in [0.2, 0.25) is 0 Å². The van der Waals surface area contributed by atoms with Gasteiger partial charge in [-0.05, 0) is 45.6 Å². The van der Waals surface area contributed by atoms with Crippen molar-refractivity contribution in [2.75, 3.05) is 6.61 Å². The Bertz CT molecular complexity index is 460. The van der Waals surface area contributed by atoms with Crippen LogP contribution in [0.3, 0.4) is 0 Å². The summed E-state index contributed by atoms with van der Waals surface area (Å²) in [7, 11) is -0.365. The summed E-state index contributed by atoms with van der Waals surface area (Å²) in [5.74, 6) is 0.637. The van der Waals surface area contributed by atoms with Crippen molar-refractivity contribution >= 4 is 12.6 Å². The largest absolute Gasteiger partial charge is 0.495 e. The van der Waals surface area contributed by atoms with Crippen LogP contribution in [0.5, 0.6) is 5.88 Å². The van der Waals surface area contributed by atoms with E-state index in [1.165, 1.54) is 12.8 Å². The summed E-state index contributed by atoms with van der Waals surface area (Å²) >= 11 is 0. The molecule has 0 N–H and O–H groups in total. The minimum Gasteiger partial charge on any atom is -0.478 e. The minimum absolute atomic E-state index is 0.330. The summed E-state index contributed by atoms with van der Waals surface area (Å²) in [5.41, 5.74) is 0.292. The first-order valence-electron chi connectivity index (χ1n) is 7.80. The van der Waals surface area contributed by atoms with E-state index in [0.29, 0.717) is 12.5 Å². The molecule has 0 aromatic carbocycles. The number of aromatic nitrogens is 1. The zero-order chi connectivity index (χ0) is 15.5. The van der Waals surface area contributed by atoms with E-state index in [4.69, 9.17) is 14.0 Å². The Balaban J connectivity index is 2.02. The van der Waals surface area contributed by atoms with Crippen molar-refractivity contribution in [3.8, 4) is 5.88 Å². The third-order valence-corrected chi connectivity index (χ3v) is 4.28. The molecular formula is C16H26BNO3. The third kappa shape index (κ3) is 3.77. The van der Waals surface area contributed by atoms with Gasteiger partial charge < -0.3 is 14.0 Å². The van der Waals surface area contributed by atoms with Gasteiger partial charge in [-0.15, -0.1) is 0 Å². The molecule has 2 rings (SSSR count). The SMILES string of the molecule is CCCCCOc1cc(B2OC(C)(C)C(C)(C)O2)ccn1. The maximum absolute atomic E-state index is 6.04. The molecule has 0 saturated carbocycles. The number of unbranched alkanes of at least 4 members (excludes halogenated alkanes) is 2. The second-order valence-electron chi connectivity index (χ2n) is 6.57. The predicted molar refractivity (Wildman–Crippen MR) is 85.0 cm³/mol. The van der Waals surface area contributed by atoms with Crippen LogP contribution >= 0.6 is 0 Å². The molecule has 116 valence electrons. The summed E-state index contributed by atoms with van der Waals surface area (Å²) < 4.78 is 17.8. The van der Waals surface area contributed by atoms with Crippen molar-refractivity contribution in [1.82, 2.24) is 4.98 Å². The summed E-state index contributed by atoms with van der Waals surface area (Å²) in [6.45, 7) is 11.1. The highest BCUT2D eigenvalue weighted by atomic mass is 16.7. The monoisotopic (exact) mass is 291 g/mol. The number of ether oxygens (including phenoxy) is 1. The number of nitrogens with zero attached hydrogens (tertiary/aromatic N) is 1. The number of hydrogen-bond acceptors (Lipinski definition) is 4. The van der Waals surface area contributed by atoms with Crippen LogP contribution in [0.15, 0.2) is 18.3 Å². The van der Waals surface area contributed by atoms with Gasteiger partial charge in [-0.2, -0.15) is 0 Å². The van der Waals surface area contributed by atoms with Gasteiger partial charge in [0, 0.05) is 12.3 Å². The predicted octanol–water partition coefficient (Wildman–Crippen LogP) is 2.95. The van der Waals surface area contributed by atoms with Crippen molar-refractivity contribution < 1.29 is 14.0 Å². The standard InChI is InChI=1S/C16H26BNO3/c1-6-7-8-11-19-14-12-13(9-10-18-14)17-20-15(2,3)16(4,5)21-17/h9-10,12H,6-8,11H2,1-5H3. The summed E-state index contributed by atoms with van der Waals surface area (Å²) in [6.07, 6.45) is 5.16. The zero-order valence-electron chi connectivity index (χ0n) is 13.8. The molecule has 1 fully saturated rings. The molecule has 0 spiro atoms. The molecule has 1 aliphatic rings. The average molecular weight is 291 g/mol. The highest BCUT2D eigenvalue weighted by Crippen LogP contribution is 2.36. The van der Waals surface area contributed by atoms with E-state index in [0.717, 1.165) is 11.9 Å². The Morgan fingerprint density at radius 3 is 2.43 bits per heavy atom. The molecule has 0 amide bonds. The van der Waals surface area contributed by atoms with E-state index in [1.54, 1.807) is 6.20 Å². The maximum Gasteiger partial charge on any atom is 0.495 e. The average Bonchev–Trinajstić information content (AvgIpc) is 2.64. The van der Waals surface area contributed by atoms with Crippen LogP contribution in [-0.2, 0) is 9.31 Å². The lowest BCUT2D eigenvalue weighted by Gasteiger charge is -2.32. The molecule has 1 saturated heterocycles. The fourth-order valence-corrected chi connectivity index (χ4v) is 2.16. The Kier molecular flexibility index (Phi) is 4.94. The van der Waals surface area contributed by atoms with Crippen molar-refractivity contribution in [2.24, 2.45) is 0 Å². The molecule has 21 heavy (non-hydrogen) atoms. The summed E-state index contributed by atoms with van der Waals surface area (Å²) in [4.78, 5) is 4.25. The van der Waals surface area contributed by atoms with Gasteiger partial charge >= 0.3 is 7.12 Å². The first-order valence-corrected chi connectivity index (χ1v) is 7.80. The van der Waals surface area contributed by atoms with E-state index in [-0.39, 0.29) is 18.3 Å². The second kappa shape index (κ2) is 6.36. The molecule has 1 aromatic rings. The minimum atomic E-state index is -0.365. The van der Waals surface area contributed by atoms with E-state index in [9.17, 15) is 0 Å². The maximum atomic E-state index is 6.04. The van der Waals surface area contributed by atoms with Gasteiger partial charge in [0.2, 0.25) is 5.88 Å². The topological polar surface area (TPSA) is 40.6 Å². The van der Waals surface area contributed by atoms with E-state index >= 15 is 0 Å². The first-order chi connectivity index (χ1) is 9.86. The molecule has 0 aliphatic carbocycles. The van der Waals surface area contributed by atoms with E-state index in [1.807, 2.05) is 12.1 Å². The van der Waals surface area contributed by atoms with Gasteiger partial charge in [-0.1, -0.05) is 19.8 Å². The van der Waals surface area contributed by atoms with Crippen molar-refractivity contribution in [3.63, 3.8) is 0 Å². The van der Waals surface area contributed by atoms with Gasteiger partial charge in [0.1, 0.15) is 0 Å². The van der Waals surface area contributed by atoms with Crippen LogP contribution in [0.1, 0.15) is 53.9 Å². The molecule has 0 unspecified atom stereocenters. The van der Waals surface area contributed by atoms with Gasteiger partial charge in [-0.3, -0.25) is 0 Å². The van der Waals surface area contributed by atoms with Crippen LogP contribution in [0.4, 0.5) is 0 Å². The Labute approximate surface area is 128 Å². The lowest BCUT2D eigenvalue weighted by atomic mass is 9.80. The van der Waals surface area contributed by atoms with Crippen LogP contribution < -0.4 is 10.2 Å². The quantitative estimate of drug-likeness (QED) is 0.597. The molecule has 1 aliphatic heterocycles. The Morgan fingerprint density at radius 2 is 1.81 bits per heavy atom. The fourth-order valence-electron chi connectivity index (χ4n) is 2.16. The molecule has 0 radical (unpaired) electrons. The van der Waals surface area contributed by atoms with Crippen LogP contribution in [0, 0.1) is 0 Å². The molecule has 1 aromatic heterocycles. The highest BCUT2D eigenvalue weighted by molar-refractivity contribution is 6.62. The highest BCUT2D eigenvalue weighted by Gasteiger charge is 2.51. The Morgan fingerprint density at radius 1 is 1.14 bits per heavy atom. The number of rotatable bonds is 6.